The van der Waals surface area contributed by atoms with E-state index in [1.54, 1.807) is 6.07 Å². The molecule has 108 valence electrons. The highest BCUT2D eigenvalue weighted by Gasteiger charge is 2.31. The average molecular weight is 269 g/mol. The third-order valence-corrected chi connectivity index (χ3v) is 3.86. The highest BCUT2D eigenvalue weighted by molar-refractivity contribution is 5.30. The number of hydrazine groups is 1. The van der Waals surface area contributed by atoms with Crippen LogP contribution in [0.3, 0.4) is 0 Å². The number of halogens is 1. The van der Waals surface area contributed by atoms with Crippen molar-refractivity contribution in [3.05, 3.63) is 29.6 Å². The van der Waals surface area contributed by atoms with Crippen molar-refractivity contribution in [3.63, 3.8) is 0 Å². The van der Waals surface area contributed by atoms with Crippen LogP contribution in [0.25, 0.3) is 0 Å². The fourth-order valence-corrected chi connectivity index (χ4v) is 1.90. The lowest BCUT2D eigenvalue weighted by Gasteiger charge is -2.40. The lowest BCUT2D eigenvalue weighted by atomic mass is 9.88. The second-order valence-electron chi connectivity index (χ2n) is 5.44. The molecule has 0 amide bonds. The Hall–Kier alpha value is -1.17. The van der Waals surface area contributed by atoms with E-state index in [2.05, 4.69) is 24.2 Å². The van der Waals surface area contributed by atoms with Crippen molar-refractivity contribution in [1.82, 2.24) is 10.3 Å². The number of nitrogens with one attached hydrogen (secondary N) is 1. The monoisotopic (exact) mass is 269 g/mol. The van der Waals surface area contributed by atoms with Crippen molar-refractivity contribution < 1.29 is 9.13 Å². The van der Waals surface area contributed by atoms with Gasteiger partial charge >= 0.3 is 0 Å². The molecule has 19 heavy (non-hydrogen) atoms. The van der Waals surface area contributed by atoms with E-state index in [1.165, 1.54) is 13.2 Å². The van der Waals surface area contributed by atoms with Crippen molar-refractivity contribution in [3.8, 4) is 5.75 Å². The van der Waals surface area contributed by atoms with Gasteiger partial charge in [-0.25, -0.2) is 4.39 Å². The molecule has 1 unspecified atom stereocenters. The molecule has 4 nitrogen and oxygen atoms in total. The molecule has 0 fully saturated rings. The molecule has 0 bridgehead atoms. The molecule has 1 atom stereocenters. The highest BCUT2D eigenvalue weighted by Crippen LogP contribution is 2.22. The number of benzene rings is 1. The van der Waals surface area contributed by atoms with Gasteiger partial charge in [-0.15, -0.1) is 0 Å². The first-order valence-corrected chi connectivity index (χ1v) is 6.29. The summed E-state index contributed by atoms with van der Waals surface area (Å²) in [6, 6.07) is 5.00. The molecule has 0 saturated heterocycles. The quantitative estimate of drug-likeness (QED) is 0.608. The predicted octanol–water partition coefficient (Wildman–Crippen LogP) is 1.55. The maximum Gasteiger partial charge on any atom is 0.165 e. The van der Waals surface area contributed by atoms with Gasteiger partial charge in [0.1, 0.15) is 0 Å². The van der Waals surface area contributed by atoms with Gasteiger partial charge in [0.05, 0.1) is 7.11 Å². The van der Waals surface area contributed by atoms with Crippen LogP contribution in [0.2, 0.25) is 0 Å². The van der Waals surface area contributed by atoms with Crippen molar-refractivity contribution in [2.75, 3.05) is 21.2 Å². The van der Waals surface area contributed by atoms with Crippen LogP contribution in [0, 0.1) is 5.82 Å². The summed E-state index contributed by atoms with van der Waals surface area (Å²) >= 11 is 0. The third-order valence-electron chi connectivity index (χ3n) is 3.86. The fourth-order valence-electron chi connectivity index (χ4n) is 1.90. The van der Waals surface area contributed by atoms with Gasteiger partial charge in [0.25, 0.3) is 0 Å². The van der Waals surface area contributed by atoms with E-state index in [9.17, 15) is 4.39 Å². The molecule has 0 aliphatic heterocycles. The Morgan fingerprint density at radius 2 is 2.05 bits per heavy atom. The molecule has 1 aromatic carbocycles. The van der Waals surface area contributed by atoms with E-state index in [0.29, 0.717) is 6.42 Å². The Morgan fingerprint density at radius 1 is 1.42 bits per heavy atom. The predicted molar refractivity (Wildman–Crippen MR) is 75.5 cm³/mol. The summed E-state index contributed by atoms with van der Waals surface area (Å²) in [5.41, 5.74) is 3.56. The second-order valence-corrected chi connectivity index (χ2v) is 5.44. The van der Waals surface area contributed by atoms with Gasteiger partial charge in [0.15, 0.2) is 11.6 Å². The molecule has 1 rings (SSSR count). The summed E-state index contributed by atoms with van der Waals surface area (Å²) < 4.78 is 18.6. The summed E-state index contributed by atoms with van der Waals surface area (Å²) in [5.74, 6) is 5.55. The molecular formula is C14H24FN3O. The van der Waals surface area contributed by atoms with E-state index in [1.807, 2.05) is 20.2 Å². The van der Waals surface area contributed by atoms with Crippen LogP contribution in [-0.4, -0.2) is 37.7 Å². The van der Waals surface area contributed by atoms with Gasteiger partial charge in [-0.1, -0.05) is 6.07 Å². The van der Waals surface area contributed by atoms with Gasteiger partial charge in [0, 0.05) is 11.6 Å². The van der Waals surface area contributed by atoms with E-state index in [0.717, 1.165) is 5.56 Å². The maximum absolute atomic E-state index is 13.7. The minimum absolute atomic E-state index is 0.00953. The fraction of sp³-hybridized carbons (Fsp3) is 0.571. The van der Waals surface area contributed by atoms with Gasteiger partial charge < -0.3 is 9.64 Å². The van der Waals surface area contributed by atoms with Crippen LogP contribution in [0.5, 0.6) is 5.75 Å². The topological polar surface area (TPSA) is 50.5 Å². The molecule has 0 aliphatic carbocycles. The van der Waals surface area contributed by atoms with Crippen molar-refractivity contribution in [2.24, 2.45) is 5.84 Å². The number of hydrogen-bond acceptors (Lipinski definition) is 4. The van der Waals surface area contributed by atoms with Crippen molar-refractivity contribution in [1.29, 1.82) is 0 Å². The molecule has 0 saturated carbocycles. The number of nitrogens with zero attached hydrogens (tertiary/aromatic N) is 1. The van der Waals surface area contributed by atoms with E-state index in [-0.39, 0.29) is 23.1 Å². The second kappa shape index (κ2) is 6.32. The number of ether oxygens (including phenoxy) is 1. The number of methoxy groups -OCH3 is 1. The van der Waals surface area contributed by atoms with E-state index in [4.69, 9.17) is 10.6 Å². The average Bonchev–Trinajstić information content (AvgIpc) is 2.35. The standard InChI is InChI=1S/C14H24FN3O/c1-14(2,18(3)4)13(17-16)9-10-6-7-12(19-5)11(15)8-10/h6-8,13,17H,9,16H2,1-5H3. The van der Waals surface area contributed by atoms with Crippen LogP contribution < -0.4 is 16.0 Å². The first-order chi connectivity index (χ1) is 8.82. The molecule has 0 spiro atoms. The Morgan fingerprint density at radius 3 is 2.47 bits per heavy atom. The van der Waals surface area contributed by atoms with Crippen LogP contribution in [0.4, 0.5) is 4.39 Å². The van der Waals surface area contributed by atoms with Gasteiger partial charge in [-0.2, -0.15) is 0 Å². The minimum Gasteiger partial charge on any atom is -0.494 e. The summed E-state index contributed by atoms with van der Waals surface area (Å²) in [5, 5.41) is 0. The Labute approximate surface area is 114 Å². The first kappa shape index (κ1) is 15.9. The zero-order valence-corrected chi connectivity index (χ0v) is 12.3. The molecular weight excluding hydrogens is 245 g/mol. The molecule has 0 radical (unpaired) electrons. The van der Waals surface area contributed by atoms with E-state index < -0.39 is 0 Å². The van der Waals surface area contributed by atoms with Crippen LogP contribution >= 0.6 is 0 Å². The van der Waals surface area contributed by atoms with E-state index >= 15 is 0 Å². The van der Waals surface area contributed by atoms with Crippen LogP contribution in [-0.2, 0) is 6.42 Å². The van der Waals surface area contributed by atoms with Crippen molar-refractivity contribution in [2.45, 2.75) is 31.8 Å². The number of rotatable bonds is 6. The van der Waals surface area contributed by atoms with Crippen LogP contribution in [0.15, 0.2) is 18.2 Å². The summed E-state index contributed by atoms with van der Waals surface area (Å²) in [6.07, 6.45) is 0.641. The zero-order valence-electron chi connectivity index (χ0n) is 12.3. The smallest absolute Gasteiger partial charge is 0.165 e. The molecule has 5 heteroatoms. The molecule has 0 aromatic heterocycles. The largest absolute Gasteiger partial charge is 0.494 e. The summed E-state index contributed by atoms with van der Waals surface area (Å²) in [7, 11) is 5.45. The number of likely N-dealkylation sites (N-methyl/N-ethyl adjacent to an activating group) is 1. The maximum atomic E-state index is 13.7. The molecule has 3 N–H and O–H groups in total. The number of nitrogens with two attached hydrogens (primary N) is 1. The summed E-state index contributed by atoms with van der Waals surface area (Å²) in [6.45, 7) is 4.19. The third kappa shape index (κ3) is 3.65. The summed E-state index contributed by atoms with van der Waals surface area (Å²) in [4.78, 5) is 2.09. The lowest BCUT2D eigenvalue weighted by molar-refractivity contribution is 0.137. The molecule has 0 heterocycles. The van der Waals surface area contributed by atoms with Gasteiger partial charge in [-0.05, 0) is 52.1 Å². The Balaban J connectivity index is 2.90. The first-order valence-electron chi connectivity index (χ1n) is 6.29. The normalized spacial score (nSPS) is 13.7. The van der Waals surface area contributed by atoms with Gasteiger partial charge in [-0.3, -0.25) is 11.3 Å². The van der Waals surface area contributed by atoms with Crippen LogP contribution in [0.1, 0.15) is 19.4 Å². The minimum atomic E-state index is -0.349. The SMILES string of the molecule is COc1ccc(CC(NN)C(C)(C)N(C)C)cc1F. The zero-order chi connectivity index (χ0) is 14.6. The lowest BCUT2D eigenvalue weighted by Crippen LogP contribution is -2.58. The Kier molecular flexibility index (Phi) is 5.29. The molecule has 0 aliphatic rings. The number of hydrogen-bond donors (Lipinski definition) is 2. The van der Waals surface area contributed by atoms with Gasteiger partial charge in [0.2, 0.25) is 0 Å². The highest BCUT2D eigenvalue weighted by atomic mass is 19.1. The Bertz CT molecular complexity index is 421. The molecule has 1 aromatic rings. The van der Waals surface area contributed by atoms with Crippen molar-refractivity contribution >= 4 is 0 Å².